The molecule has 1 aliphatic heterocycles. The number of hydrogen-bond donors (Lipinski definition) is 3. The third-order valence-corrected chi connectivity index (χ3v) is 6.06. The Balaban J connectivity index is 0.00000400. The van der Waals surface area contributed by atoms with E-state index in [9.17, 15) is 27.6 Å². The number of pyridine rings is 1. The van der Waals surface area contributed by atoms with Crippen molar-refractivity contribution in [1.29, 1.82) is 5.41 Å². The highest BCUT2D eigenvalue weighted by Crippen LogP contribution is 2.39. The highest BCUT2D eigenvalue weighted by atomic mass is 19.3. The molecular weight excluding hydrogens is 487 g/mol. The maximum atomic E-state index is 14.1. The molecule has 2 heterocycles. The molecule has 194 valence electrons. The first-order valence-corrected chi connectivity index (χ1v) is 11.3. The predicted octanol–water partition coefficient (Wildman–Crippen LogP) is 4.13. The molecule has 3 N–H and O–H groups in total. The molecule has 1 aromatic heterocycles. The van der Waals surface area contributed by atoms with E-state index in [4.69, 9.17) is 5.41 Å². The van der Waals surface area contributed by atoms with Crippen LogP contribution in [0.15, 0.2) is 65.6 Å². The smallest absolute Gasteiger partial charge is 0.321 e. The van der Waals surface area contributed by atoms with Crippen LogP contribution in [-0.2, 0) is 16.6 Å². The number of hydrogen-bond acceptors (Lipinski definition) is 5. The van der Waals surface area contributed by atoms with Crippen molar-refractivity contribution in [2.75, 3.05) is 10.2 Å². The molecule has 11 heteroatoms. The van der Waals surface area contributed by atoms with Gasteiger partial charge in [0.2, 0.25) is 11.5 Å². The van der Waals surface area contributed by atoms with E-state index in [0.717, 1.165) is 6.21 Å². The van der Waals surface area contributed by atoms with Crippen LogP contribution in [0.1, 0.15) is 31.9 Å². The molecule has 2 aromatic carbocycles. The Bertz CT molecular complexity index is 1440. The first-order chi connectivity index (χ1) is 17.5. The Hall–Kier alpha value is -4.41. The molecule has 3 aromatic rings. The van der Waals surface area contributed by atoms with Crippen molar-refractivity contribution in [3.8, 4) is 0 Å². The van der Waals surface area contributed by atoms with Gasteiger partial charge in [0, 0.05) is 57.2 Å². The van der Waals surface area contributed by atoms with E-state index >= 15 is 0 Å². The molecule has 8 nitrogen and oxygen atoms in total. The fourth-order valence-corrected chi connectivity index (χ4v) is 4.29. The van der Waals surface area contributed by atoms with E-state index in [1.807, 2.05) is 0 Å². The summed E-state index contributed by atoms with van der Waals surface area (Å²) < 4.78 is 42.7. The zero-order chi connectivity index (χ0) is 26.9. The van der Waals surface area contributed by atoms with Gasteiger partial charge in [-0.05, 0) is 42.0 Å². The summed E-state index contributed by atoms with van der Waals surface area (Å²) in [6.07, 6.45) is 2.38. The van der Waals surface area contributed by atoms with Gasteiger partial charge in [0.15, 0.2) is 0 Å². The van der Waals surface area contributed by atoms with Gasteiger partial charge in [-0.15, -0.1) is 0 Å². The fraction of sp³-hybridized carbons (Fsp3) is 0.231. The van der Waals surface area contributed by atoms with Crippen molar-refractivity contribution in [3.05, 3.63) is 88.1 Å². The molecule has 0 unspecified atom stereocenters. The summed E-state index contributed by atoms with van der Waals surface area (Å²) in [6, 6.07) is 11.1. The van der Waals surface area contributed by atoms with Gasteiger partial charge in [-0.1, -0.05) is 12.1 Å². The van der Waals surface area contributed by atoms with Crippen LogP contribution in [0.5, 0.6) is 0 Å². The molecule has 2 atom stereocenters. The summed E-state index contributed by atoms with van der Waals surface area (Å²) in [6.45, 7) is 0.459. The number of rotatable bonds is 7. The molecule has 0 radical (unpaired) electrons. The van der Waals surface area contributed by atoms with E-state index in [0.29, 0.717) is 35.1 Å². The molecule has 0 saturated carbocycles. The van der Waals surface area contributed by atoms with E-state index in [-0.39, 0.29) is 13.4 Å². The topological polar surface area (TPSA) is 107 Å². The van der Waals surface area contributed by atoms with Gasteiger partial charge in [-0.3, -0.25) is 14.4 Å². The van der Waals surface area contributed by atoms with E-state index in [1.54, 1.807) is 43.6 Å². The number of halogens is 3. The van der Waals surface area contributed by atoms with Crippen LogP contribution in [0.2, 0.25) is 0 Å². The van der Waals surface area contributed by atoms with Crippen molar-refractivity contribution in [1.82, 2.24) is 9.88 Å². The van der Waals surface area contributed by atoms with Gasteiger partial charge in [0.1, 0.15) is 5.82 Å². The molecule has 1 saturated heterocycles. The van der Waals surface area contributed by atoms with Gasteiger partial charge < -0.3 is 25.5 Å². The molecule has 1 aliphatic rings. The predicted molar refractivity (Wildman–Crippen MR) is 135 cm³/mol. The maximum Gasteiger partial charge on any atom is 0.321 e. The Morgan fingerprint density at radius 2 is 1.92 bits per heavy atom. The quantitative estimate of drug-likeness (QED) is 0.413. The highest BCUT2D eigenvalue weighted by molar-refractivity contribution is 6.00. The molecule has 0 spiro atoms. The normalized spacial score (nSPS) is 17.5. The largest absolute Gasteiger partial charge is 0.354 e. The van der Waals surface area contributed by atoms with Crippen molar-refractivity contribution >= 4 is 35.1 Å². The Labute approximate surface area is 211 Å². The maximum absolute atomic E-state index is 14.1. The summed E-state index contributed by atoms with van der Waals surface area (Å²) in [4.78, 5) is 38.1. The van der Waals surface area contributed by atoms with Crippen molar-refractivity contribution < 1.29 is 24.2 Å². The minimum absolute atomic E-state index is 0. The number of anilines is 3. The molecule has 37 heavy (non-hydrogen) atoms. The minimum Gasteiger partial charge on any atom is -0.354 e. The first-order valence-electron chi connectivity index (χ1n) is 11.3. The second-order valence-electron chi connectivity index (χ2n) is 8.84. The Morgan fingerprint density at radius 1 is 1.16 bits per heavy atom. The second-order valence-corrected chi connectivity index (χ2v) is 8.84. The number of carbonyl (C=O) groups excluding carboxylic acids is 2. The standard InChI is InChI=1S/C26H24F3N5O3.H2/c1-26(28,29)25(37)32-21-12-23(36)34(24(21)15-4-3-5-17(27)10-15)19-7-8-20(16(11-19)13-30)31-18-6-9-22(35)33(2)14-18;/h3-11,13-14,21,24,30-31H,12H2,1-2H3,(H,32,37);1H/t21-,24+;/m0./s1. The van der Waals surface area contributed by atoms with Gasteiger partial charge in [-0.25, -0.2) is 4.39 Å². The van der Waals surface area contributed by atoms with Gasteiger partial charge in [0.25, 0.3) is 5.91 Å². The molecular formula is C26H26F3N5O3. The van der Waals surface area contributed by atoms with Crippen LogP contribution in [0.3, 0.4) is 0 Å². The Morgan fingerprint density at radius 3 is 2.57 bits per heavy atom. The highest BCUT2D eigenvalue weighted by Gasteiger charge is 2.45. The van der Waals surface area contributed by atoms with Crippen LogP contribution in [0.4, 0.5) is 30.2 Å². The van der Waals surface area contributed by atoms with E-state index in [1.165, 1.54) is 33.7 Å². The van der Waals surface area contributed by atoms with Gasteiger partial charge >= 0.3 is 5.92 Å². The van der Waals surface area contributed by atoms with Crippen molar-refractivity contribution in [2.45, 2.75) is 31.4 Å². The number of benzene rings is 2. The molecule has 4 rings (SSSR count). The summed E-state index contributed by atoms with van der Waals surface area (Å²) in [5, 5.41) is 13.2. The monoisotopic (exact) mass is 513 g/mol. The first kappa shape index (κ1) is 25.7. The zero-order valence-corrected chi connectivity index (χ0v) is 20.0. The number of nitrogens with one attached hydrogen (secondary N) is 3. The molecule has 1 fully saturated rings. The molecule has 0 bridgehead atoms. The van der Waals surface area contributed by atoms with E-state index in [2.05, 4.69) is 10.6 Å². The number of nitrogens with zero attached hydrogens (tertiary/aromatic N) is 2. The SMILES string of the molecule is Cn1cc(Nc2ccc(N3C(=O)C[C@H](NC(=O)C(C)(F)F)[C@H]3c3cccc(F)c3)cc2C=N)ccc1=O.[HH]. The number of aryl methyl sites for hydroxylation is 1. The zero-order valence-electron chi connectivity index (χ0n) is 20.0. The number of amides is 2. The molecule has 2 amide bonds. The fourth-order valence-electron chi connectivity index (χ4n) is 4.29. The lowest BCUT2D eigenvalue weighted by Gasteiger charge is -2.30. The average molecular weight is 514 g/mol. The van der Waals surface area contributed by atoms with Crippen molar-refractivity contribution in [3.63, 3.8) is 0 Å². The summed E-state index contributed by atoms with van der Waals surface area (Å²) >= 11 is 0. The summed E-state index contributed by atoms with van der Waals surface area (Å²) in [7, 11) is 1.60. The van der Waals surface area contributed by atoms with Crippen molar-refractivity contribution in [2.24, 2.45) is 7.05 Å². The number of aromatic nitrogens is 1. The lowest BCUT2D eigenvalue weighted by Crippen LogP contribution is -2.46. The van der Waals surface area contributed by atoms with Crippen LogP contribution >= 0.6 is 0 Å². The second kappa shape index (κ2) is 9.92. The van der Waals surface area contributed by atoms with E-state index < -0.39 is 35.6 Å². The van der Waals surface area contributed by atoms with Crippen LogP contribution in [-0.4, -0.2) is 34.6 Å². The van der Waals surface area contributed by atoms with Crippen LogP contribution in [0.25, 0.3) is 0 Å². The lowest BCUT2D eigenvalue weighted by atomic mass is 9.99. The lowest BCUT2D eigenvalue weighted by molar-refractivity contribution is -0.143. The van der Waals surface area contributed by atoms with Crippen LogP contribution in [0, 0.1) is 11.2 Å². The minimum atomic E-state index is -3.66. The number of alkyl halides is 2. The average Bonchev–Trinajstić information content (AvgIpc) is 3.16. The van der Waals surface area contributed by atoms with Gasteiger partial charge in [-0.2, -0.15) is 8.78 Å². The third kappa shape index (κ3) is 5.40. The Kier molecular flexibility index (Phi) is 6.88. The summed E-state index contributed by atoms with van der Waals surface area (Å²) in [5.74, 6) is -6.25. The van der Waals surface area contributed by atoms with Gasteiger partial charge in [0.05, 0.1) is 17.8 Å². The van der Waals surface area contributed by atoms with Crippen LogP contribution < -0.4 is 21.1 Å². The number of carbonyl (C=O) groups is 2. The summed E-state index contributed by atoms with van der Waals surface area (Å²) in [5.41, 5.74) is 1.97. The third-order valence-electron chi connectivity index (χ3n) is 6.06. The molecule has 0 aliphatic carbocycles.